The van der Waals surface area contributed by atoms with Crippen LogP contribution in [0.3, 0.4) is 0 Å². The van der Waals surface area contributed by atoms with Crippen LogP contribution < -0.4 is 0 Å². The van der Waals surface area contributed by atoms with Crippen LogP contribution >= 0.6 is 11.8 Å². The van der Waals surface area contributed by atoms with Crippen molar-refractivity contribution >= 4 is 17.7 Å². The monoisotopic (exact) mass is 355 g/mol. The van der Waals surface area contributed by atoms with Crippen LogP contribution in [-0.4, -0.2) is 34.3 Å². The smallest absolute Gasteiger partial charge is 0.271 e. The van der Waals surface area contributed by atoms with Crippen LogP contribution in [0.15, 0.2) is 59.5 Å². The molecule has 0 radical (unpaired) electrons. The Bertz CT molecular complexity index is 859. The highest BCUT2D eigenvalue weighted by atomic mass is 32.2. The molecule has 1 amide bonds. The maximum atomic E-state index is 13.0. The van der Waals surface area contributed by atoms with E-state index in [1.807, 2.05) is 30.5 Å². The van der Waals surface area contributed by atoms with Crippen molar-refractivity contribution in [1.82, 2.24) is 15.1 Å². The molecule has 6 heteroatoms. The van der Waals surface area contributed by atoms with Crippen molar-refractivity contribution in [3.63, 3.8) is 0 Å². The molecule has 1 heterocycles. The van der Waals surface area contributed by atoms with Crippen LogP contribution in [0.1, 0.15) is 16.1 Å². The summed E-state index contributed by atoms with van der Waals surface area (Å²) in [6.07, 6.45) is 2.03. The number of nitrogens with one attached hydrogen (secondary N) is 1. The molecule has 0 aliphatic heterocycles. The molecule has 0 fully saturated rings. The average Bonchev–Trinajstić information content (AvgIpc) is 3.12. The molecule has 0 saturated heterocycles. The predicted octanol–water partition coefficient (Wildman–Crippen LogP) is 4.21. The van der Waals surface area contributed by atoms with Crippen LogP contribution in [0.5, 0.6) is 0 Å². The van der Waals surface area contributed by atoms with Gasteiger partial charge in [-0.3, -0.25) is 9.89 Å². The zero-order valence-corrected chi connectivity index (χ0v) is 14.8. The fourth-order valence-corrected chi connectivity index (χ4v) is 2.89. The lowest BCUT2D eigenvalue weighted by atomic mass is 10.1. The van der Waals surface area contributed by atoms with Gasteiger partial charge in [-0.1, -0.05) is 12.1 Å². The number of carbonyl (C=O) groups excluding carboxylic acids is 1. The van der Waals surface area contributed by atoms with E-state index in [-0.39, 0.29) is 11.7 Å². The molecule has 4 nitrogen and oxygen atoms in total. The number of carbonyl (C=O) groups is 1. The molecular weight excluding hydrogens is 337 g/mol. The average molecular weight is 355 g/mol. The molecule has 25 heavy (non-hydrogen) atoms. The summed E-state index contributed by atoms with van der Waals surface area (Å²) in [4.78, 5) is 15.4. The number of thioether (sulfide) groups is 1. The van der Waals surface area contributed by atoms with E-state index in [2.05, 4.69) is 10.2 Å². The third-order valence-electron chi connectivity index (χ3n) is 3.87. The molecule has 0 aliphatic rings. The molecule has 1 aromatic heterocycles. The van der Waals surface area contributed by atoms with Crippen molar-refractivity contribution in [2.75, 3.05) is 13.3 Å². The van der Waals surface area contributed by atoms with Gasteiger partial charge in [0.1, 0.15) is 11.5 Å². The number of hydrogen-bond acceptors (Lipinski definition) is 3. The summed E-state index contributed by atoms with van der Waals surface area (Å²) >= 11 is 1.68. The Morgan fingerprint density at radius 2 is 1.84 bits per heavy atom. The summed E-state index contributed by atoms with van der Waals surface area (Å²) in [7, 11) is 1.75. The molecule has 3 aromatic rings. The van der Waals surface area contributed by atoms with Gasteiger partial charge >= 0.3 is 0 Å². The Morgan fingerprint density at radius 3 is 2.48 bits per heavy atom. The lowest BCUT2D eigenvalue weighted by Crippen LogP contribution is -2.26. The van der Waals surface area contributed by atoms with Crippen LogP contribution in [0.4, 0.5) is 4.39 Å². The lowest BCUT2D eigenvalue weighted by molar-refractivity contribution is 0.0779. The van der Waals surface area contributed by atoms with Gasteiger partial charge in [0.15, 0.2) is 0 Å². The molecule has 0 bridgehead atoms. The summed E-state index contributed by atoms with van der Waals surface area (Å²) in [5.41, 5.74) is 2.84. The van der Waals surface area contributed by atoms with Crippen molar-refractivity contribution in [2.24, 2.45) is 0 Å². The first kappa shape index (κ1) is 17.2. The van der Waals surface area contributed by atoms with E-state index in [0.29, 0.717) is 17.9 Å². The molecule has 1 N–H and O–H groups in total. The largest absolute Gasteiger partial charge is 0.336 e. The van der Waals surface area contributed by atoms with Gasteiger partial charge < -0.3 is 4.90 Å². The first-order chi connectivity index (χ1) is 12.1. The minimum absolute atomic E-state index is 0.144. The number of nitrogens with zero attached hydrogens (tertiary/aromatic N) is 2. The molecule has 0 atom stereocenters. The number of benzene rings is 2. The summed E-state index contributed by atoms with van der Waals surface area (Å²) in [5.74, 6) is -0.447. The Balaban J connectivity index is 1.70. The van der Waals surface area contributed by atoms with Crippen molar-refractivity contribution in [3.8, 4) is 11.3 Å². The number of hydrogen-bond donors (Lipinski definition) is 1. The van der Waals surface area contributed by atoms with Crippen LogP contribution in [0, 0.1) is 5.82 Å². The van der Waals surface area contributed by atoms with Gasteiger partial charge in [0.05, 0.1) is 5.69 Å². The second-order valence-electron chi connectivity index (χ2n) is 5.68. The molecule has 0 saturated carbocycles. The number of rotatable bonds is 5. The highest BCUT2D eigenvalue weighted by Gasteiger charge is 2.15. The van der Waals surface area contributed by atoms with E-state index in [9.17, 15) is 9.18 Å². The Hall–Kier alpha value is -2.60. The van der Waals surface area contributed by atoms with Gasteiger partial charge in [-0.25, -0.2) is 4.39 Å². The minimum Gasteiger partial charge on any atom is -0.336 e. The van der Waals surface area contributed by atoms with Gasteiger partial charge in [0.25, 0.3) is 5.91 Å². The van der Waals surface area contributed by atoms with Crippen molar-refractivity contribution in [1.29, 1.82) is 0 Å². The lowest BCUT2D eigenvalue weighted by Gasteiger charge is -2.16. The summed E-state index contributed by atoms with van der Waals surface area (Å²) < 4.78 is 13.0. The maximum Gasteiger partial charge on any atom is 0.271 e. The number of aromatic amines is 1. The third kappa shape index (κ3) is 4.09. The van der Waals surface area contributed by atoms with Crippen molar-refractivity contribution in [2.45, 2.75) is 11.4 Å². The van der Waals surface area contributed by atoms with Crippen molar-refractivity contribution in [3.05, 3.63) is 71.7 Å². The quantitative estimate of drug-likeness (QED) is 0.698. The SMILES string of the molecule is CSc1ccc(CN(C)C(=O)c2cc(-c3ccc(F)cc3)n[nH]2)cc1. The summed E-state index contributed by atoms with van der Waals surface area (Å²) in [6, 6.07) is 15.8. The van der Waals surface area contributed by atoms with Gasteiger partial charge in [-0.05, 0) is 54.3 Å². The Morgan fingerprint density at radius 1 is 1.16 bits per heavy atom. The molecule has 128 valence electrons. The molecule has 3 rings (SSSR count). The second-order valence-corrected chi connectivity index (χ2v) is 6.56. The fraction of sp³-hybridized carbons (Fsp3) is 0.158. The molecule has 0 spiro atoms. The maximum absolute atomic E-state index is 13.0. The summed E-state index contributed by atoms with van der Waals surface area (Å²) in [5, 5.41) is 6.92. The van der Waals surface area contributed by atoms with Crippen molar-refractivity contribution < 1.29 is 9.18 Å². The minimum atomic E-state index is -0.303. The zero-order chi connectivity index (χ0) is 17.8. The Labute approximate surface area is 150 Å². The third-order valence-corrected chi connectivity index (χ3v) is 4.62. The fourth-order valence-electron chi connectivity index (χ4n) is 2.48. The second kappa shape index (κ2) is 7.53. The van der Waals surface area contributed by atoms with Crippen LogP contribution in [-0.2, 0) is 6.54 Å². The summed E-state index contributed by atoms with van der Waals surface area (Å²) in [6.45, 7) is 0.512. The number of aromatic nitrogens is 2. The molecular formula is C19H18FN3OS. The highest BCUT2D eigenvalue weighted by Crippen LogP contribution is 2.19. The predicted molar refractivity (Wildman–Crippen MR) is 98.0 cm³/mol. The normalized spacial score (nSPS) is 10.7. The first-order valence-electron chi connectivity index (χ1n) is 7.76. The topological polar surface area (TPSA) is 49.0 Å². The zero-order valence-electron chi connectivity index (χ0n) is 14.0. The van der Waals surface area contributed by atoms with Gasteiger partial charge in [0, 0.05) is 24.1 Å². The molecule has 0 aliphatic carbocycles. The van der Waals surface area contributed by atoms with E-state index < -0.39 is 0 Å². The van der Waals surface area contributed by atoms with Gasteiger partial charge in [-0.15, -0.1) is 11.8 Å². The number of halogens is 1. The van der Waals surface area contributed by atoms with E-state index in [1.54, 1.807) is 41.9 Å². The van der Waals surface area contributed by atoms with Gasteiger partial charge in [0.2, 0.25) is 0 Å². The standard InChI is InChI=1S/C19H18FN3OS/c1-23(12-13-3-9-16(25-2)10-4-13)19(24)18-11-17(21-22-18)14-5-7-15(20)8-6-14/h3-11H,12H2,1-2H3,(H,21,22). The number of amides is 1. The van der Waals surface area contributed by atoms with E-state index in [4.69, 9.17) is 0 Å². The first-order valence-corrected chi connectivity index (χ1v) is 8.99. The van der Waals surface area contributed by atoms with E-state index in [1.165, 1.54) is 17.0 Å². The highest BCUT2D eigenvalue weighted by molar-refractivity contribution is 7.98. The number of H-pyrrole nitrogens is 1. The van der Waals surface area contributed by atoms with E-state index in [0.717, 1.165) is 11.1 Å². The van der Waals surface area contributed by atoms with Gasteiger partial charge in [-0.2, -0.15) is 5.10 Å². The van der Waals surface area contributed by atoms with E-state index >= 15 is 0 Å². The van der Waals surface area contributed by atoms with Crippen LogP contribution in [0.25, 0.3) is 11.3 Å². The Kier molecular flexibility index (Phi) is 5.19. The van der Waals surface area contributed by atoms with Crippen LogP contribution in [0.2, 0.25) is 0 Å². The molecule has 0 unspecified atom stereocenters. The molecule has 2 aromatic carbocycles.